The summed E-state index contributed by atoms with van der Waals surface area (Å²) in [5, 5.41) is 2.84. The normalized spacial score (nSPS) is 33.7. The molecule has 2 fully saturated rings. The van der Waals surface area contributed by atoms with Crippen molar-refractivity contribution < 1.29 is 9.53 Å². The lowest BCUT2D eigenvalue weighted by Crippen LogP contribution is -2.33. The fourth-order valence-corrected chi connectivity index (χ4v) is 1.61. The molecule has 0 aromatic carbocycles. The van der Waals surface area contributed by atoms with Crippen LogP contribution in [0.25, 0.3) is 0 Å². The number of cyclic esters (lactones) is 1. The van der Waals surface area contributed by atoms with Crippen LogP contribution in [0, 0.1) is 0 Å². The van der Waals surface area contributed by atoms with Crippen molar-refractivity contribution in [1.82, 2.24) is 5.32 Å². The number of carbonyl (C=O) groups excluding carboxylic acids is 1. The van der Waals surface area contributed by atoms with Crippen LogP contribution in [-0.2, 0) is 4.74 Å². The Hall–Kier alpha value is -0.730. The number of amides is 1. The van der Waals surface area contributed by atoms with Gasteiger partial charge >= 0.3 is 6.09 Å². The molecule has 2 rings (SSSR count). The number of hydrogen-bond acceptors (Lipinski definition) is 2. The van der Waals surface area contributed by atoms with Crippen LogP contribution in [0.2, 0.25) is 0 Å². The van der Waals surface area contributed by atoms with Gasteiger partial charge in [0.1, 0.15) is 6.10 Å². The molecule has 0 aromatic heterocycles. The van der Waals surface area contributed by atoms with Crippen LogP contribution < -0.4 is 5.32 Å². The van der Waals surface area contributed by atoms with Crippen LogP contribution in [0.4, 0.5) is 4.79 Å². The molecular formula is C7H11NO2. The van der Waals surface area contributed by atoms with E-state index >= 15 is 0 Å². The third-order valence-corrected chi connectivity index (χ3v) is 2.38. The lowest BCUT2D eigenvalue weighted by atomic mass is 10.1. The predicted octanol–water partition coefficient (Wildman–Crippen LogP) is 1.04. The first-order valence-corrected chi connectivity index (χ1v) is 3.76. The Morgan fingerprint density at radius 1 is 1.80 bits per heavy atom. The molecule has 1 saturated heterocycles. The second-order valence-corrected chi connectivity index (χ2v) is 3.08. The van der Waals surface area contributed by atoms with E-state index < -0.39 is 0 Å². The van der Waals surface area contributed by atoms with Crippen molar-refractivity contribution in [3.05, 3.63) is 0 Å². The van der Waals surface area contributed by atoms with Gasteiger partial charge in [-0.05, 0) is 19.3 Å². The summed E-state index contributed by atoms with van der Waals surface area (Å²) in [5.74, 6) is 0. The first-order chi connectivity index (χ1) is 4.77. The van der Waals surface area contributed by atoms with Gasteiger partial charge in [-0.3, -0.25) is 0 Å². The second-order valence-electron chi connectivity index (χ2n) is 3.08. The highest BCUT2D eigenvalue weighted by molar-refractivity contribution is 5.72. The molecule has 0 aromatic rings. The predicted molar refractivity (Wildman–Crippen MR) is 35.7 cm³/mol. The van der Waals surface area contributed by atoms with E-state index in [1.807, 2.05) is 6.92 Å². The fourth-order valence-electron chi connectivity index (χ4n) is 1.61. The molecule has 1 spiro atoms. The van der Waals surface area contributed by atoms with Gasteiger partial charge in [0.05, 0.1) is 5.54 Å². The average molecular weight is 141 g/mol. The minimum absolute atomic E-state index is 0.0613. The first kappa shape index (κ1) is 6.01. The molecule has 1 amide bonds. The van der Waals surface area contributed by atoms with Crippen molar-refractivity contribution in [3.63, 3.8) is 0 Å². The quantitative estimate of drug-likeness (QED) is 0.592. The lowest BCUT2D eigenvalue weighted by Gasteiger charge is -2.11. The van der Waals surface area contributed by atoms with Gasteiger partial charge in [-0.1, -0.05) is 6.92 Å². The highest BCUT2D eigenvalue weighted by Gasteiger charge is 2.56. The minimum Gasteiger partial charge on any atom is -0.444 e. The van der Waals surface area contributed by atoms with E-state index in [0.29, 0.717) is 0 Å². The van der Waals surface area contributed by atoms with Gasteiger partial charge in [0.15, 0.2) is 0 Å². The SMILES string of the molecule is CCC1OC(=O)NC12CC2. The Morgan fingerprint density at radius 2 is 2.50 bits per heavy atom. The number of nitrogens with one attached hydrogen (secondary N) is 1. The van der Waals surface area contributed by atoms with Gasteiger partial charge in [0, 0.05) is 0 Å². The molecule has 56 valence electrons. The van der Waals surface area contributed by atoms with Gasteiger partial charge in [-0.2, -0.15) is 0 Å². The third kappa shape index (κ3) is 0.632. The zero-order valence-electron chi connectivity index (χ0n) is 6.02. The minimum atomic E-state index is -0.232. The van der Waals surface area contributed by atoms with E-state index in [0.717, 1.165) is 19.3 Å². The van der Waals surface area contributed by atoms with Crippen LogP contribution in [0.3, 0.4) is 0 Å². The van der Waals surface area contributed by atoms with Crippen molar-refractivity contribution in [2.75, 3.05) is 0 Å². The smallest absolute Gasteiger partial charge is 0.408 e. The highest BCUT2D eigenvalue weighted by atomic mass is 16.6. The molecule has 3 heteroatoms. The molecule has 1 unspecified atom stereocenters. The molecule has 1 atom stereocenters. The monoisotopic (exact) mass is 141 g/mol. The molecule has 1 saturated carbocycles. The number of rotatable bonds is 1. The standard InChI is InChI=1S/C7H11NO2/c1-2-5-7(3-4-7)8-6(9)10-5/h5H,2-4H2,1H3,(H,8,9). The highest BCUT2D eigenvalue weighted by Crippen LogP contribution is 2.44. The van der Waals surface area contributed by atoms with E-state index in [2.05, 4.69) is 5.32 Å². The van der Waals surface area contributed by atoms with Gasteiger partial charge in [-0.25, -0.2) is 4.79 Å². The van der Waals surface area contributed by atoms with E-state index in [-0.39, 0.29) is 17.7 Å². The topological polar surface area (TPSA) is 38.3 Å². The molecule has 0 radical (unpaired) electrons. The molecular weight excluding hydrogens is 130 g/mol. The van der Waals surface area contributed by atoms with Gasteiger partial charge < -0.3 is 10.1 Å². The van der Waals surface area contributed by atoms with Crippen molar-refractivity contribution in [2.24, 2.45) is 0 Å². The number of alkyl carbamates (subject to hydrolysis) is 1. The summed E-state index contributed by atoms with van der Waals surface area (Å²) in [6.07, 6.45) is 3.03. The van der Waals surface area contributed by atoms with Crippen LogP contribution in [0.5, 0.6) is 0 Å². The Balaban J connectivity index is 2.13. The summed E-state index contributed by atoms with van der Waals surface area (Å²) in [6, 6.07) is 0. The number of hydrogen-bond donors (Lipinski definition) is 1. The number of ether oxygens (including phenoxy) is 1. The third-order valence-electron chi connectivity index (χ3n) is 2.38. The molecule has 1 aliphatic heterocycles. The van der Waals surface area contributed by atoms with E-state index in [1.54, 1.807) is 0 Å². The zero-order valence-corrected chi connectivity index (χ0v) is 6.02. The molecule has 1 N–H and O–H groups in total. The zero-order chi connectivity index (χ0) is 7.19. The molecule has 2 aliphatic rings. The Labute approximate surface area is 59.7 Å². The molecule has 0 bridgehead atoms. The molecule has 1 aliphatic carbocycles. The Morgan fingerprint density at radius 3 is 2.90 bits per heavy atom. The number of carbonyl (C=O) groups is 1. The summed E-state index contributed by atoms with van der Waals surface area (Å²) in [4.78, 5) is 10.7. The summed E-state index contributed by atoms with van der Waals surface area (Å²) in [7, 11) is 0. The second kappa shape index (κ2) is 1.65. The summed E-state index contributed by atoms with van der Waals surface area (Å²) in [5.41, 5.74) is 0.0613. The van der Waals surface area contributed by atoms with Crippen molar-refractivity contribution in [3.8, 4) is 0 Å². The molecule has 1 heterocycles. The summed E-state index contributed by atoms with van der Waals surface area (Å²) in [6.45, 7) is 2.05. The van der Waals surface area contributed by atoms with Crippen LogP contribution in [-0.4, -0.2) is 17.7 Å². The van der Waals surface area contributed by atoms with Crippen molar-refractivity contribution in [1.29, 1.82) is 0 Å². The fraction of sp³-hybridized carbons (Fsp3) is 0.857. The van der Waals surface area contributed by atoms with E-state index in [1.165, 1.54) is 0 Å². The average Bonchev–Trinajstić information content (AvgIpc) is 2.55. The van der Waals surface area contributed by atoms with E-state index in [9.17, 15) is 4.79 Å². The van der Waals surface area contributed by atoms with Crippen LogP contribution in [0.15, 0.2) is 0 Å². The lowest BCUT2D eigenvalue weighted by molar-refractivity contribution is 0.126. The maximum Gasteiger partial charge on any atom is 0.408 e. The Kier molecular flexibility index (Phi) is 0.993. The maximum atomic E-state index is 10.7. The Bertz CT molecular complexity index is 174. The van der Waals surface area contributed by atoms with Gasteiger partial charge in [-0.15, -0.1) is 0 Å². The van der Waals surface area contributed by atoms with Crippen molar-refractivity contribution in [2.45, 2.75) is 37.8 Å². The van der Waals surface area contributed by atoms with Crippen molar-refractivity contribution >= 4 is 6.09 Å². The maximum absolute atomic E-state index is 10.7. The first-order valence-electron chi connectivity index (χ1n) is 3.76. The summed E-state index contributed by atoms with van der Waals surface area (Å²) < 4.78 is 5.04. The van der Waals surface area contributed by atoms with E-state index in [4.69, 9.17) is 4.74 Å². The largest absolute Gasteiger partial charge is 0.444 e. The summed E-state index contributed by atoms with van der Waals surface area (Å²) >= 11 is 0. The molecule has 10 heavy (non-hydrogen) atoms. The van der Waals surface area contributed by atoms with Crippen LogP contribution >= 0.6 is 0 Å². The van der Waals surface area contributed by atoms with Gasteiger partial charge in [0.2, 0.25) is 0 Å². The van der Waals surface area contributed by atoms with Gasteiger partial charge in [0.25, 0.3) is 0 Å². The van der Waals surface area contributed by atoms with Crippen LogP contribution in [0.1, 0.15) is 26.2 Å². The molecule has 3 nitrogen and oxygen atoms in total.